The van der Waals surface area contributed by atoms with Crippen LogP contribution >= 0.6 is 11.6 Å². The second-order valence-electron chi connectivity index (χ2n) is 8.04. The van der Waals surface area contributed by atoms with Crippen LogP contribution in [0.4, 0.5) is 5.69 Å². The summed E-state index contributed by atoms with van der Waals surface area (Å²) in [5, 5.41) is 0.556. The highest BCUT2D eigenvalue weighted by Crippen LogP contribution is 2.34. The van der Waals surface area contributed by atoms with Gasteiger partial charge in [-0.05, 0) is 18.6 Å². The molecule has 2 fully saturated rings. The van der Waals surface area contributed by atoms with Crippen molar-refractivity contribution in [1.82, 2.24) is 9.88 Å². The van der Waals surface area contributed by atoms with Gasteiger partial charge in [0.15, 0.2) is 0 Å². The third-order valence-corrected chi connectivity index (χ3v) is 5.95. The van der Waals surface area contributed by atoms with Crippen LogP contribution < -0.4 is 9.64 Å². The van der Waals surface area contributed by atoms with Crippen LogP contribution in [0.5, 0.6) is 5.88 Å². The molecule has 8 heteroatoms. The Labute approximate surface area is 194 Å². The lowest BCUT2D eigenvalue weighted by Gasteiger charge is -2.30. The van der Waals surface area contributed by atoms with E-state index in [0.29, 0.717) is 37.3 Å². The third-order valence-electron chi connectivity index (χ3n) is 5.60. The Kier molecular flexibility index (Phi) is 8.34. The highest BCUT2D eigenvalue weighted by Gasteiger charge is 2.20. The quantitative estimate of drug-likeness (QED) is 0.566. The molecule has 2 saturated heterocycles. The van der Waals surface area contributed by atoms with E-state index in [-0.39, 0.29) is 0 Å². The molecular weight excluding hydrogens is 428 g/mol. The first kappa shape index (κ1) is 23.0. The first-order chi connectivity index (χ1) is 15.7. The topological polar surface area (TPSA) is 59.4 Å². The summed E-state index contributed by atoms with van der Waals surface area (Å²) in [6.45, 7) is 10.3. The van der Waals surface area contributed by atoms with E-state index in [1.54, 1.807) is 0 Å². The number of pyridine rings is 1. The molecule has 172 valence electrons. The molecular formula is C24H31ClN4O3. The van der Waals surface area contributed by atoms with Crippen LogP contribution in [0.15, 0.2) is 35.3 Å². The molecule has 1 aromatic carbocycles. The maximum absolute atomic E-state index is 6.74. The molecule has 0 saturated carbocycles. The van der Waals surface area contributed by atoms with Gasteiger partial charge in [0.2, 0.25) is 5.88 Å². The van der Waals surface area contributed by atoms with Crippen molar-refractivity contribution in [2.75, 3.05) is 70.7 Å². The number of hydrogen-bond donors (Lipinski definition) is 0. The summed E-state index contributed by atoms with van der Waals surface area (Å²) < 4.78 is 17.0. The Morgan fingerprint density at radius 3 is 2.59 bits per heavy atom. The molecule has 32 heavy (non-hydrogen) atoms. The summed E-state index contributed by atoms with van der Waals surface area (Å²) in [6.07, 6.45) is 1.89. The molecule has 0 atom stereocenters. The van der Waals surface area contributed by atoms with Gasteiger partial charge in [-0.2, -0.15) is 0 Å². The summed E-state index contributed by atoms with van der Waals surface area (Å²) in [5.74, 6) is 0.477. The zero-order chi connectivity index (χ0) is 22.2. The zero-order valence-corrected chi connectivity index (χ0v) is 19.4. The van der Waals surface area contributed by atoms with Crippen molar-refractivity contribution in [3.05, 3.63) is 52.2 Å². The Bertz CT molecular complexity index is 912. The van der Waals surface area contributed by atoms with Crippen LogP contribution in [0.25, 0.3) is 0 Å². The van der Waals surface area contributed by atoms with Crippen LogP contribution in [-0.4, -0.2) is 81.9 Å². The number of aliphatic imine (C=N–C) groups is 1. The van der Waals surface area contributed by atoms with Crippen molar-refractivity contribution in [2.24, 2.45) is 4.99 Å². The normalized spacial score (nSPS) is 17.8. The van der Waals surface area contributed by atoms with E-state index in [1.165, 1.54) is 5.56 Å². The number of hydrogen-bond acceptors (Lipinski definition) is 7. The number of benzene rings is 1. The molecule has 0 spiro atoms. The minimum Gasteiger partial charge on any atom is -0.475 e. The molecule has 0 aliphatic carbocycles. The zero-order valence-electron chi connectivity index (χ0n) is 18.6. The number of aryl methyl sites for hydroxylation is 1. The lowest BCUT2D eigenvalue weighted by Crippen LogP contribution is -2.38. The minimum atomic E-state index is 0.461. The first-order valence-corrected chi connectivity index (χ1v) is 11.6. The monoisotopic (exact) mass is 458 g/mol. The average Bonchev–Trinajstić information content (AvgIpc) is 2.82. The molecule has 7 nitrogen and oxygen atoms in total. The minimum absolute atomic E-state index is 0.461. The smallest absolute Gasteiger partial charge is 0.235 e. The molecule has 4 rings (SSSR count). The number of nitrogens with zero attached hydrogens (tertiary/aromatic N) is 4. The lowest BCUT2D eigenvalue weighted by molar-refractivity contribution is 0.0320. The summed E-state index contributed by atoms with van der Waals surface area (Å²) in [5.41, 5.74) is 4.06. The molecule has 1 aromatic heterocycles. The maximum atomic E-state index is 6.74. The fourth-order valence-corrected chi connectivity index (χ4v) is 4.12. The summed E-state index contributed by atoms with van der Waals surface area (Å²) in [6, 6.07) is 10.3. The summed E-state index contributed by atoms with van der Waals surface area (Å²) >= 11 is 6.74. The van der Waals surface area contributed by atoms with Gasteiger partial charge in [-0.1, -0.05) is 41.4 Å². The average molecular weight is 459 g/mol. The number of anilines is 1. The van der Waals surface area contributed by atoms with Gasteiger partial charge in [0.05, 0.1) is 44.4 Å². The van der Waals surface area contributed by atoms with Crippen LogP contribution in [0.2, 0.25) is 5.02 Å². The number of rotatable bonds is 8. The SMILES string of the molecule is Cc1cccc(C=NCc2cc(N3CCOCC3)c(Cl)c(OCCN3CCOCC3)n2)c1. The van der Waals surface area contributed by atoms with Crippen LogP contribution in [0.1, 0.15) is 16.8 Å². The Balaban J connectivity index is 1.48. The highest BCUT2D eigenvalue weighted by atomic mass is 35.5. The van der Waals surface area contributed by atoms with E-state index >= 15 is 0 Å². The van der Waals surface area contributed by atoms with Crippen LogP contribution in [0, 0.1) is 6.92 Å². The van der Waals surface area contributed by atoms with Crippen molar-refractivity contribution in [3.63, 3.8) is 0 Å². The summed E-state index contributed by atoms with van der Waals surface area (Å²) in [7, 11) is 0. The standard InChI is InChI=1S/C24H31ClN4O3/c1-19-3-2-4-20(15-19)17-26-18-21-16-22(29-8-12-31-13-9-29)23(25)24(27-21)32-14-7-28-5-10-30-11-6-28/h2-4,15-17H,5-14,18H2,1H3. The molecule has 0 N–H and O–H groups in total. The van der Waals surface area contributed by atoms with Gasteiger partial charge >= 0.3 is 0 Å². The van der Waals surface area contributed by atoms with E-state index in [9.17, 15) is 0 Å². The van der Waals surface area contributed by atoms with E-state index < -0.39 is 0 Å². The lowest BCUT2D eigenvalue weighted by atomic mass is 10.1. The fraction of sp³-hybridized carbons (Fsp3) is 0.500. The highest BCUT2D eigenvalue weighted by molar-refractivity contribution is 6.34. The van der Waals surface area contributed by atoms with Crippen LogP contribution in [0.3, 0.4) is 0 Å². The largest absolute Gasteiger partial charge is 0.475 e. The van der Waals surface area contributed by atoms with Crippen LogP contribution in [-0.2, 0) is 16.0 Å². The van der Waals surface area contributed by atoms with E-state index in [2.05, 4.69) is 33.8 Å². The fourth-order valence-electron chi connectivity index (χ4n) is 3.84. The second-order valence-corrected chi connectivity index (χ2v) is 8.42. The van der Waals surface area contributed by atoms with Gasteiger partial charge in [-0.25, -0.2) is 4.98 Å². The predicted molar refractivity (Wildman–Crippen MR) is 128 cm³/mol. The molecule has 2 aromatic rings. The molecule has 0 unspecified atom stereocenters. The number of morpholine rings is 2. The first-order valence-electron chi connectivity index (χ1n) is 11.2. The predicted octanol–water partition coefficient (Wildman–Crippen LogP) is 3.21. The maximum Gasteiger partial charge on any atom is 0.235 e. The van der Waals surface area contributed by atoms with E-state index in [1.807, 2.05) is 24.4 Å². The van der Waals surface area contributed by atoms with Gasteiger partial charge in [0, 0.05) is 38.9 Å². The Morgan fingerprint density at radius 2 is 1.84 bits per heavy atom. The Morgan fingerprint density at radius 1 is 1.09 bits per heavy atom. The van der Waals surface area contributed by atoms with E-state index in [0.717, 1.165) is 62.9 Å². The van der Waals surface area contributed by atoms with Gasteiger partial charge in [0.1, 0.15) is 11.6 Å². The van der Waals surface area contributed by atoms with Gasteiger partial charge < -0.3 is 19.1 Å². The number of aromatic nitrogens is 1. The molecule has 2 aliphatic rings. The van der Waals surface area contributed by atoms with Crippen molar-refractivity contribution in [3.8, 4) is 5.88 Å². The third kappa shape index (κ3) is 6.42. The number of ether oxygens (including phenoxy) is 3. The van der Waals surface area contributed by atoms with E-state index in [4.69, 9.17) is 30.8 Å². The van der Waals surface area contributed by atoms with Gasteiger partial charge in [-0.3, -0.25) is 9.89 Å². The van der Waals surface area contributed by atoms with Crippen molar-refractivity contribution >= 4 is 23.5 Å². The van der Waals surface area contributed by atoms with Gasteiger partial charge in [0.25, 0.3) is 0 Å². The summed E-state index contributed by atoms with van der Waals surface area (Å²) in [4.78, 5) is 13.9. The number of halogens is 1. The molecule has 0 bridgehead atoms. The molecule has 0 radical (unpaired) electrons. The van der Waals surface area contributed by atoms with Gasteiger partial charge in [-0.15, -0.1) is 0 Å². The Hall–Kier alpha value is -2.19. The van der Waals surface area contributed by atoms with Crippen molar-refractivity contribution < 1.29 is 14.2 Å². The molecule has 0 amide bonds. The van der Waals surface area contributed by atoms with Crippen molar-refractivity contribution in [1.29, 1.82) is 0 Å². The van der Waals surface area contributed by atoms with Crippen molar-refractivity contribution in [2.45, 2.75) is 13.5 Å². The molecule has 3 heterocycles. The molecule has 2 aliphatic heterocycles. The second kappa shape index (κ2) is 11.6.